The van der Waals surface area contributed by atoms with Gasteiger partial charge in [-0.15, -0.1) is 0 Å². The van der Waals surface area contributed by atoms with Crippen LogP contribution in [0.25, 0.3) is 0 Å². The van der Waals surface area contributed by atoms with Crippen molar-refractivity contribution in [1.82, 2.24) is 5.32 Å². The molecule has 0 heterocycles. The van der Waals surface area contributed by atoms with Crippen molar-refractivity contribution in [3.63, 3.8) is 0 Å². The number of carbonyl (C=O) groups is 1. The van der Waals surface area contributed by atoms with Crippen molar-refractivity contribution in [2.45, 2.75) is 18.8 Å². The first kappa shape index (κ1) is 23.4. The van der Waals surface area contributed by atoms with E-state index in [0.29, 0.717) is 18.0 Å². The molecule has 0 unspecified atom stereocenters. The summed E-state index contributed by atoms with van der Waals surface area (Å²) in [6, 6.07) is 14.2. The molecule has 29 heavy (non-hydrogen) atoms. The minimum atomic E-state index is -3.32. The van der Waals surface area contributed by atoms with E-state index in [1.165, 1.54) is 11.4 Å². The molecule has 0 aliphatic carbocycles. The highest BCUT2D eigenvalue weighted by atomic mass is 35.5. The van der Waals surface area contributed by atoms with Crippen molar-refractivity contribution in [3.8, 4) is 5.75 Å². The number of nitrogens with one attached hydrogen (secondary N) is 1. The number of halogens is 1. The van der Waals surface area contributed by atoms with E-state index in [-0.39, 0.29) is 5.91 Å². The van der Waals surface area contributed by atoms with Crippen LogP contribution >= 0.6 is 23.4 Å². The SMILES string of the molecule is C[C@@H](Oc1ccc(N(C)S(C)(=O)=O)cc1)C(=O)NCCSCc1ccccc1Cl. The molecular formula is C20H25ClN2O4S2. The average Bonchev–Trinajstić information content (AvgIpc) is 2.68. The van der Waals surface area contributed by atoms with Gasteiger partial charge in [0.15, 0.2) is 6.10 Å². The average molecular weight is 457 g/mol. The van der Waals surface area contributed by atoms with E-state index < -0.39 is 16.1 Å². The molecule has 0 aliphatic heterocycles. The maximum atomic E-state index is 12.2. The van der Waals surface area contributed by atoms with Gasteiger partial charge in [-0.1, -0.05) is 29.8 Å². The highest BCUT2D eigenvalue weighted by Crippen LogP contribution is 2.22. The standard InChI is InChI=1S/C20H25ClN2O4S2/c1-15(27-18-10-8-17(9-11-18)23(2)29(3,25)26)20(24)22-12-13-28-14-16-6-4-5-7-19(16)21/h4-11,15H,12-14H2,1-3H3,(H,22,24)/t15-/m1/s1. The number of hydrogen-bond acceptors (Lipinski definition) is 5. The van der Waals surface area contributed by atoms with Gasteiger partial charge >= 0.3 is 0 Å². The van der Waals surface area contributed by atoms with Crippen LogP contribution in [0.15, 0.2) is 48.5 Å². The van der Waals surface area contributed by atoms with Crippen LogP contribution < -0.4 is 14.4 Å². The maximum absolute atomic E-state index is 12.2. The second-order valence-corrected chi connectivity index (χ2v) is 9.95. The van der Waals surface area contributed by atoms with Crippen LogP contribution in [-0.4, -0.2) is 46.0 Å². The predicted molar refractivity (Wildman–Crippen MR) is 120 cm³/mol. The minimum Gasteiger partial charge on any atom is -0.481 e. The smallest absolute Gasteiger partial charge is 0.260 e. The van der Waals surface area contributed by atoms with Crippen molar-refractivity contribution in [1.29, 1.82) is 0 Å². The summed E-state index contributed by atoms with van der Waals surface area (Å²) >= 11 is 7.81. The minimum absolute atomic E-state index is 0.208. The Morgan fingerprint density at radius 1 is 1.21 bits per heavy atom. The predicted octanol–water partition coefficient (Wildman–Crippen LogP) is 3.55. The van der Waals surface area contributed by atoms with Gasteiger partial charge in [0.1, 0.15) is 5.75 Å². The Morgan fingerprint density at radius 3 is 2.48 bits per heavy atom. The van der Waals surface area contributed by atoms with Gasteiger partial charge in [0.25, 0.3) is 5.91 Å². The lowest BCUT2D eigenvalue weighted by atomic mass is 10.2. The molecule has 0 bridgehead atoms. The number of nitrogens with zero attached hydrogens (tertiary/aromatic N) is 1. The Balaban J connectivity index is 1.74. The van der Waals surface area contributed by atoms with Crippen molar-refractivity contribution < 1.29 is 17.9 Å². The normalized spacial score (nSPS) is 12.3. The molecule has 2 aromatic rings. The number of amides is 1. The number of hydrogen-bond donors (Lipinski definition) is 1. The quantitative estimate of drug-likeness (QED) is 0.553. The summed E-state index contributed by atoms with van der Waals surface area (Å²) in [7, 11) is -1.84. The van der Waals surface area contributed by atoms with Crippen molar-refractivity contribution >= 4 is 45.0 Å². The summed E-state index contributed by atoms with van der Waals surface area (Å²) in [6.45, 7) is 2.20. The van der Waals surface area contributed by atoms with Gasteiger partial charge in [-0.05, 0) is 42.8 Å². The van der Waals surface area contributed by atoms with Gasteiger partial charge in [-0.25, -0.2) is 8.42 Å². The zero-order chi connectivity index (χ0) is 21.4. The molecule has 158 valence electrons. The van der Waals surface area contributed by atoms with Crippen LogP contribution in [0.3, 0.4) is 0 Å². The van der Waals surface area contributed by atoms with Gasteiger partial charge in [-0.2, -0.15) is 11.8 Å². The van der Waals surface area contributed by atoms with E-state index in [2.05, 4.69) is 5.32 Å². The molecule has 0 saturated carbocycles. The Morgan fingerprint density at radius 2 is 1.86 bits per heavy atom. The molecule has 0 spiro atoms. The highest BCUT2D eigenvalue weighted by Gasteiger charge is 2.15. The molecule has 1 atom stereocenters. The molecule has 2 aromatic carbocycles. The third kappa shape index (κ3) is 7.45. The number of thioether (sulfide) groups is 1. The summed E-state index contributed by atoms with van der Waals surface area (Å²) in [4.78, 5) is 12.2. The number of carbonyl (C=O) groups excluding carboxylic acids is 1. The van der Waals surface area contributed by atoms with Crippen LogP contribution in [-0.2, 0) is 20.6 Å². The molecule has 1 amide bonds. The first-order valence-electron chi connectivity index (χ1n) is 8.98. The Kier molecular flexibility index (Phi) is 8.67. The first-order chi connectivity index (χ1) is 13.7. The summed E-state index contributed by atoms with van der Waals surface area (Å²) in [5.74, 6) is 1.83. The van der Waals surface area contributed by atoms with Gasteiger partial charge in [0.05, 0.1) is 11.9 Å². The second kappa shape index (κ2) is 10.8. The molecule has 2 rings (SSSR count). The highest BCUT2D eigenvalue weighted by molar-refractivity contribution is 7.98. The van der Waals surface area contributed by atoms with Crippen molar-refractivity contribution in [3.05, 3.63) is 59.1 Å². The van der Waals surface area contributed by atoms with Crippen molar-refractivity contribution in [2.24, 2.45) is 0 Å². The molecule has 0 radical (unpaired) electrons. The molecule has 1 N–H and O–H groups in total. The monoisotopic (exact) mass is 456 g/mol. The molecular weight excluding hydrogens is 432 g/mol. The second-order valence-electron chi connectivity index (χ2n) is 6.42. The van der Waals surface area contributed by atoms with Crippen LogP contribution in [0, 0.1) is 0 Å². The largest absolute Gasteiger partial charge is 0.481 e. The zero-order valence-corrected chi connectivity index (χ0v) is 19.0. The molecule has 0 fully saturated rings. The number of anilines is 1. The number of benzene rings is 2. The van der Waals surface area contributed by atoms with Crippen LogP contribution in [0.5, 0.6) is 5.75 Å². The van der Waals surface area contributed by atoms with Gasteiger partial charge < -0.3 is 10.1 Å². The Labute approximate surface area is 181 Å². The Bertz CT molecular complexity index is 920. The lowest BCUT2D eigenvalue weighted by molar-refractivity contribution is -0.127. The molecule has 0 aromatic heterocycles. The fourth-order valence-electron chi connectivity index (χ4n) is 2.37. The summed E-state index contributed by atoms with van der Waals surface area (Å²) < 4.78 is 29.9. The van der Waals surface area contributed by atoms with E-state index in [4.69, 9.17) is 16.3 Å². The summed E-state index contributed by atoms with van der Waals surface area (Å²) in [5, 5.41) is 3.60. The van der Waals surface area contributed by atoms with Crippen LogP contribution in [0.4, 0.5) is 5.69 Å². The molecule has 6 nitrogen and oxygen atoms in total. The molecule has 0 saturated heterocycles. The van der Waals surface area contributed by atoms with E-state index >= 15 is 0 Å². The van der Waals surface area contributed by atoms with Crippen LogP contribution in [0.2, 0.25) is 5.02 Å². The van der Waals surface area contributed by atoms with E-state index in [0.717, 1.165) is 28.3 Å². The van der Waals surface area contributed by atoms with Gasteiger partial charge in [0, 0.05) is 30.1 Å². The van der Waals surface area contributed by atoms with E-state index in [9.17, 15) is 13.2 Å². The maximum Gasteiger partial charge on any atom is 0.260 e. The van der Waals surface area contributed by atoms with E-state index in [1.54, 1.807) is 43.0 Å². The van der Waals surface area contributed by atoms with E-state index in [1.807, 2.05) is 24.3 Å². The lowest BCUT2D eigenvalue weighted by Crippen LogP contribution is -2.37. The van der Waals surface area contributed by atoms with Gasteiger partial charge in [-0.3, -0.25) is 9.10 Å². The molecule has 0 aliphatic rings. The van der Waals surface area contributed by atoms with Crippen LogP contribution in [0.1, 0.15) is 12.5 Å². The zero-order valence-electron chi connectivity index (χ0n) is 16.6. The molecule has 9 heteroatoms. The van der Waals surface area contributed by atoms with Gasteiger partial charge in [0.2, 0.25) is 10.0 Å². The first-order valence-corrected chi connectivity index (χ1v) is 12.4. The fourth-order valence-corrected chi connectivity index (χ4v) is 4.02. The van der Waals surface area contributed by atoms with Crippen molar-refractivity contribution in [2.75, 3.05) is 29.9 Å². The topological polar surface area (TPSA) is 75.7 Å². The lowest BCUT2D eigenvalue weighted by Gasteiger charge is -2.18. The summed E-state index contributed by atoms with van der Waals surface area (Å²) in [5.41, 5.74) is 1.60. The summed E-state index contributed by atoms with van der Waals surface area (Å²) in [6.07, 6.45) is 0.471. The number of ether oxygens (including phenoxy) is 1. The third-order valence-corrected chi connectivity index (χ3v) is 6.72. The fraction of sp³-hybridized carbons (Fsp3) is 0.350. The third-order valence-electron chi connectivity index (χ3n) is 4.14. The number of rotatable bonds is 10. The number of sulfonamides is 1. The Hall–Kier alpha value is -1.90.